The molecule has 2 aromatic heterocycles. The zero-order valence-corrected chi connectivity index (χ0v) is 17.8. The highest BCUT2D eigenvalue weighted by molar-refractivity contribution is 5.87. The number of benzene rings is 3. The van der Waals surface area contributed by atoms with Gasteiger partial charge in [0.15, 0.2) is 0 Å². The standard InChI is InChI=1S/C28H22N4/c1-19-7-6-10-20-8-2-3-9-21(20)15-22(19)16-23-18-29-26-14-13-24(17-25(23)26)32-28-12-5-4-11-27(28)30-31-32/h2-15,17-18,29H,16H2,1H3/b7-6?,10-6+,19-7+,20-10?,21-15?,22-15-,22-19?. The van der Waals surface area contributed by atoms with E-state index in [0.717, 1.165) is 28.7 Å². The van der Waals surface area contributed by atoms with Crippen LogP contribution in [0.2, 0.25) is 0 Å². The lowest BCUT2D eigenvalue weighted by molar-refractivity contribution is 0.825. The second kappa shape index (κ2) is 7.50. The van der Waals surface area contributed by atoms with E-state index in [1.165, 1.54) is 33.2 Å². The predicted octanol–water partition coefficient (Wildman–Crippen LogP) is 6.50. The number of hydrogen-bond acceptors (Lipinski definition) is 2. The number of hydrogen-bond donors (Lipinski definition) is 1. The Hall–Kier alpha value is -4.18. The summed E-state index contributed by atoms with van der Waals surface area (Å²) in [6.07, 6.45) is 11.8. The summed E-state index contributed by atoms with van der Waals surface area (Å²) < 4.78 is 1.91. The number of fused-ring (bicyclic) bond motifs is 3. The minimum Gasteiger partial charge on any atom is -0.361 e. The van der Waals surface area contributed by atoms with Gasteiger partial charge in [-0.25, -0.2) is 4.68 Å². The lowest BCUT2D eigenvalue weighted by Crippen LogP contribution is -1.97. The van der Waals surface area contributed by atoms with E-state index in [1.54, 1.807) is 0 Å². The molecule has 1 N–H and O–H groups in total. The number of nitrogens with one attached hydrogen (secondary N) is 1. The van der Waals surface area contributed by atoms with Crippen molar-refractivity contribution in [1.29, 1.82) is 0 Å². The summed E-state index contributed by atoms with van der Waals surface area (Å²) in [7, 11) is 0. The summed E-state index contributed by atoms with van der Waals surface area (Å²) in [4.78, 5) is 3.44. The van der Waals surface area contributed by atoms with E-state index in [0.29, 0.717) is 0 Å². The molecule has 0 bridgehead atoms. The Labute approximate surface area is 186 Å². The van der Waals surface area contributed by atoms with Crippen molar-refractivity contribution in [2.24, 2.45) is 0 Å². The Morgan fingerprint density at radius 3 is 2.72 bits per heavy atom. The molecule has 0 saturated carbocycles. The first kappa shape index (κ1) is 18.6. The summed E-state index contributed by atoms with van der Waals surface area (Å²) in [5.41, 5.74) is 10.4. The van der Waals surface area contributed by atoms with E-state index >= 15 is 0 Å². The van der Waals surface area contributed by atoms with E-state index in [-0.39, 0.29) is 0 Å². The molecule has 32 heavy (non-hydrogen) atoms. The van der Waals surface area contributed by atoms with Crippen LogP contribution < -0.4 is 0 Å². The third kappa shape index (κ3) is 3.17. The van der Waals surface area contributed by atoms with Gasteiger partial charge in [-0.3, -0.25) is 0 Å². The van der Waals surface area contributed by atoms with E-state index < -0.39 is 0 Å². The first-order valence-electron chi connectivity index (χ1n) is 10.8. The highest BCUT2D eigenvalue weighted by Gasteiger charge is 2.12. The average molecular weight is 415 g/mol. The van der Waals surface area contributed by atoms with Crippen molar-refractivity contribution in [2.45, 2.75) is 13.3 Å². The van der Waals surface area contributed by atoms with E-state index in [4.69, 9.17) is 0 Å². The van der Waals surface area contributed by atoms with Gasteiger partial charge in [0.2, 0.25) is 0 Å². The summed E-state index contributed by atoms with van der Waals surface area (Å²) >= 11 is 0. The smallest absolute Gasteiger partial charge is 0.113 e. The molecule has 0 saturated heterocycles. The van der Waals surface area contributed by atoms with Crippen LogP contribution in [0, 0.1) is 0 Å². The quantitative estimate of drug-likeness (QED) is 0.366. The van der Waals surface area contributed by atoms with Crippen molar-refractivity contribution >= 4 is 34.1 Å². The Morgan fingerprint density at radius 1 is 0.938 bits per heavy atom. The highest BCUT2D eigenvalue weighted by atomic mass is 15.4. The van der Waals surface area contributed by atoms with Gasteiger partial charge >= 0.3 is 0 Å². The molecule has 3 aromatic carbocycles. The van der Waals surface area contributed by atoms with Crippen LogP contribution in [0.5, 0.6) is 0 Å². The summed E-state index contributed by atoms with van der Waals surface area (Å²) in [5, 5.41) is 9.91. The van der Waals surface area contributed by atoms with E-state index in [2.05, 4.69) is 101 Å². The molecule has 0 amide bonds. The molecule has 2 heterocycles. The van der Waals surface area contributed by atoms with Crippen LogP contribution in [0.25, 0.3) is 39.8 Å². The molecule has 4 nitrogen and oxygen atoms in total. The predicted molar refractivity (Wildman–Crippen MR) is 132 cm³/mol. The van der Waals surface area contributed by atoms with Gasteiger partial charge in [-0.05, 0) is 71.5 Å². The lowest BCUT2D eigenvalue weighted by atomic mass is 9.93. The zero-order chi connectivity index (χ0) is 21.5. The number of para-hydroxylation sites is 1. The third-order valence-corrected chi connectivity index (χ3v) is 6.18. The minimum atomic E-state index is 0.853. The molecular weight excluding hydrogens is 392 g/mol. The maximum Gasteiger partial charge on any atom is 0.113 e. The first-order chi connectivity index (χ1) is 15.8. The Balaban J connectivity index is 1.43. The number of H-pyrrole nitrogens is 1. The number of aromatic amines is 1. The summed E-state index contributed by atoms with van der Waals surface area (Å²) in [5.74, 6) is 0. The van der Waals surface area contributed by atoms with Crippen LogP contribution in [-0.4, -0.2) is 20.0 Å². The zero-order valence-electron chi connectivity index (χ0n) is 17.8. The number of rotatable bonds is 3. The fourth-order valence-electron chi connectivity index (χ4n) is 4.40. The SMILES string of the molecule is CC1=C\C=C\c2ccccc2/C=C\1Cc1c[nH]c2ccc(-n3nnc4ccccc43)cc12. The van der Waals surface area contributed by atoms with Crippen molar-refractivity contribution in [3.63, 3.8) is 0 Å². The highest BCUT2D eigenvalue weighted by Crippen LogP contribution is 2.29. The van der Waals surface area contributed by atoms with Crippen LogP contribution in [0.3, 0.4) is 0 Å². The largest absolute Gasteiger partial charge is 0.361 e. The molecule has 0 atom stereocenters. The molecular formula is C28H22N4. The van der Waals surface area contributed by atoms with Crippen LogP contribution >= 0.6 is 0 Å². The van der Waals surface area contributed by atoms with E-state index in [9.17, 15) is 0 Å². The average Bonchev–Trinajstić information content (AvgIpc) is 3.42. The molecule has 154 valence electrons. The lowest BCUT2D eigenvalue weighted by Gasteiger charge is -2.12. The van der Waals surface area contributed by atoms with Gasteiger partial charge in [-0.2, -0.15) is 0 Å². The van der Waals surface area contributed by atoms with Crippen LogP contribution in [0.1, 0.15) is 23.6 Å². The second-order valence-electron chi connectivity index (χ2n) is 8.22. The maximum atomic E-state index is 4.39. The van der Waals surface area contributed by atoms with Gasteiger partial charge in [0.05, 0.1) is 11.2 Å². The van der Waals surface area contributed by atoms with Crippen molar-refractivity contribution < 1.29 is 0 Å². The van der Waals surface area contributed by atoms with Crippen LogP contribution in [0.4, 0.5) is 0 Å². The first-order valence-corrected chi connectivity index (χ1v) is 10.8. The normalized spacial score (nSPS) is 17.8. The van der Waals surface area contributed by atoms with Gasteiger partial charge in [0.25, 0.3) is 0 Å². The van der Waals surface area contributed by atoms with Crippen LogP contribution in [-0.2, 0) is 6.42 Å². The maximum absolute atomic E-state index is 4.39. The Morgan fingerprint density at radius 2 is 1.78 bits per heavy atom. The van der Waals surface area contributed by atoms with Crippen molar-refractivity contribution in [2.75, 3.05) is 0 Å². The fraction of sp³-hybridized carbons (Fsp3) is 0.0714. The van der Waals surface area contributed by atoms with Gasteiger partial charge in [0, 0.05) is 17.1 Å². The van der Waals surface area contributed by atoms with Gasteiger partial charge in [-0.15, -0.1) is 5.10 Å². The van der Waals surface area contributed by atoms with Gasteiger partial charge < -0.3 is 4.98 Å². The molecule has 1 aliphatic carbocycles. The van der Waals surface area contributed by atoms with Gasteiger partial charge in [0.1, 0.15) is 5.52 Å². The third-order valence-electron chi connectivity index (χ3n) is 6.18. The number of nitrogens with zero attached hydrogens (tertiary/aromatic N) is 3. The van der Waals surface area contributed by atoms with Crippen molar-refractivity contribution in [1.82, 2.24) is 20.0 Å². The molecule has 0 radical (unpaired) electrons. The number of allylic oxidation sites excluding steroid dienone is 4. The molecule has 0 spiro atoms. The molecule has 4 heteroatoms. The molecule has 0 unspecified atom stereocenters. The number of aromatic nitrogens is 4. The minimum absolute atomic E-state index is 0.853. The molecule has 0 fully saturated rings. The second-order valence-corrected chi connectivity index (χ2v) is 8.22. The summed E-state index contributed by atoms with van der Waals surface area (Å²) in [6, 6.07) is 23.0. The molecule has 5 aromatic rings. The topological polar surface area (TPSA) is 46.5 Å². The molecule has 1 aliphatic rings. The van der Waals surface area contributed by atoms with E-state index in [1.807, 2.05) is 22.9 Å². The molecule has 6 rings (SSSR count). The summed E-state index contributed by atoms with van der Waals surface area (Å²) in [6.45, 7) is 2.19. The Kier molecular flexibility index (Phi) is 4.36. The Bertz CT molecular complexity index is 1560. The van der Waals surface area contributed by atoms with Crippen LogP contribution in [0.15, 0.2) is 96.2 Å². The monoisotopic (exact) mass is 414 g/mol. The van der Waals surface area contributed by atoms with Gasteiger partial charge in [-0.1, -0.05) is 65.9 Å². The van der Waals surface area contributed by atoms with Crippen molar-refractivity contribution in [3.8, 4) is 5.69 Å². The molecule has 0 aliphatic heterocycles. The fourth-order valence-corrected chi connectivity index (χ4v) is 4.40. The van der Waals surface area contributed by atoms with Crippen molar-refractivity contribution in [3.05, 3.63) is 113 Å².